The van der Waals surface area contributed by atoms with Crippen molar-refractivity contribution in [2.45, 2.75) is 32.5 Å². The number of fused-ring (bicyclic) bond motifs is 1. The molecule has 1 amide bonds. The maximum Gasteiger partial charge on any atom is 0.234 e. The summed E-state index contributed by atoms with van der Waals surface area (Å²) in [6, 6.07) is 22.5. The van der Waals surface area contributed by atoms with Crippen LogP contribution in [0.2, 0.25) is 0 Å². The van der Waals surface area contributed by atoms with Gasteiger partial charge in [0.05, 0.1) is 23.3 Å². The molecule has 1 aromatic heterocycles. The molecule has 4 nitrogen and oxygen atoms in total. The summed E-state index contributed by atoms with van der Waals surface area (Å²) in [4.78, 5) is 17.3. The van der Waals surface area contributed by atoms with E-state index in [1.807, 2.05) is 49.4 Å². The second kappa shape index (κ2) is 8.76. The predicted octanol–water partition coefficient (Wildman–Crippen LogP) is 5.74. The first-order chi connectivity index (χ1) is 14.5. The van der Waals surface area contributed by atoms with Crippen molar-refractivity contribution in [2.24, 2.45) is 0 Å². The van der Waals surface area contributed by atoms with Gasteiger partial charge in [-0.2, -0.15) is 0 Å². The third kappa shape index (κ3) is 4.57. The number of para-hydroxylation sites is 2. The van der Waals surface area contributed by atoms with Crippen LogP contribution in [-0.4, -0.2) is 21.2 Å². The number of anilines is 1. The molecule has 0 bridgehead atoms. The molecule has 4 rings (SSSR count). The number of benzene rings is 3. The molecule has 0 fully saturated rings. The zero-order valence-corrected chi connectivity index (χ0v) is 18.3. The van der Waals surface area contributed by atoms with E-state index >= 15 is 0 Å². The van der Waals surface area contributed by atoms with E-state index in [0.717, 1.165) is 28.4 Å². The number of nitrogens with one attached hydrogen (secondary N) is 1. The molecule has 0 saturated heterocycles. The number of hydrogen-bond donors (Lipinski definition) is 1. The fourth-order valence-electron chi connectivity index (χ4n) is 3.42. The molecule has 0 unspecified atom stereocenters. The van der Waals surface area contributed by atoms with E-state index in [1.54, 1.807) is 0 Å². The first-order valence-corrected chi connectivity index (χ1v) is 11.0. The summed E-state index contributed by atoms with van der Waals surface area (Å²) < 4.78 is 2.21. The standard InChI is InChI=1S/C25H25N3OS/c1-17-9-12-21(13-10-17)26-24(29)16-30-25-27-22-6-4-5-7-23(22)28(25)15-20-14-18(2)8-11-19(20)3/h4-14H,15-16H2,1-3H3,(H,26,29). The minimum absolute atomic E-state index is 0.0332. The number of hydrogen-bond acceptors (Lipinski definition) is 3. The van der Waals surface area contributed by atoms with Crippen molar-refractivity contribution in [1.29, 1.82) is 0 Å². The van der Waals surface area contributed by atoms with Crippen molar-refractivity contribution in [2.75, 3.05) is 11.1 Å². The Morgan fingerprint density at radius 2 is 1.70 bits per heavy atom. The first-order valence-electron chi connectivity index (χ1n) is 10.0. The van der Waals surface area contributed by atoms with Crippen molar-refractivity contribution in [3.63, 3.8) is 0 Å². The van der Waals surface area contributed by atoms with E-state index in [4.69, 9.17) is 4.98 Å². The number of nitrogens with zero attached hydrogens (tertiary/aromatic N) is 2. The minimum atomic E-state index is -0.0332. The summed E-state index contributed by atoms with van der Waals surface area (Å²) in [5.74, 6) is 0.276. The Labute approximate surface area is 181 Å². The van der Waals surface area contributed by atoms with Crippen LogP contribution in [0.5, 0.6) is 0 Å². The van der Waals surface area contributed by atoms with Gasteiger partial charge >= 0.3 is 0 Å². The van der Waals surface area contributed by atoms with Crippen LogP contribution in [0.4, 0.5) is 5.69 Å². The fourth-order valence-corrected chi connectivity index (χ4v) is 4.24. The third-order valence-corrected chi connectivity index (χ3v) is 6.10. The molecule has 0 saturated carbocycles. The number of thioether (sulfide) groups is 1. The van der Waals surface area contributed by atoms with Gasteiger partial charge < -0.3 is 9.88 Å². The number of imidazole rings is 1. The Kier molecular flexibility index (Phi) is 5.91. The summed E-state index contributed by atoms with van der Waals surface area (Å²) >= 11 is 1.47. The predicted molar refractivity (Wildman–Crippen MR) is 125 cm³/mol. The lowest BCUT2D eigenvalue weighted by Crippen LogP contribution is -2.14. The zero-order chi connectivity index (χ0) is 21.1. The maximum atomic E-state index is 12.5. The molecule has 0 radical (unpaired) electrons. The summed E-state index contributed by atoms with van der Waals surface area (Å²) in [5.41, 5.74) is 7.78. The number of rotatable bonds is 6. The average molecular weight is 416 g/mol. The van der Waals surface area contributed by atoms with Crippen LogP contribution in [0.15, 0.2) is 71.9 Å². The van der Waals surface area contributed by atoms with Crippen molar-refractivity contribution < 1.29 is 4.79 Å². The highest BCUT2D eigenvalue weighted by atomic mass is 32.2. The molecular weight excluding hydrogens is 390 g/mol. The second-order valence-electron chi connectivity index (χ2n) is 7.60. The first kappa shape index (κ1) is 20.2. The van der Waals surface area contributed by atoms with Crippen LogP contribution in [0.25, 0.3) is 11.0 Å². The number of amides is 1. The number of aryl methyl sites for hydroxylation is 3. The Balaban J connectivity index is 1.56. The van der Waals surface area contributed by atoms with E-state index in [9.17, 15) is 4.79 Å². The number of carbonyl (C=O) groups excluding carboxylic acids is 1. The van der Waals surface area contributed by atoms with Crippen molar-refractivity contribution in [1.82, 2.24) is 9.55 Å². The largest absolute Gasteiger partial charge is 0.325 e. The lowest BCUT2D eigenvalue weighted by molar-refractivity contribution is -0.113. The number of carbonyl (C=O) groups is 1. The monoisotopic (exact) mass is 415 g/mol. The lowest BCUT2D eigenvalue weighted by Gasteiger charge is -2.12. The average Bonchev–Trinajstić information content (AvgIpc) is 3.08. The van der Waals surface area contributed by atoms with Crippen LogP contribution in [0, 0.1) is 20.8 Å². The van der Waals surface area contributed by atoms with Crippen LogP contribution in [0.3, 0.4) is 0 Å². The summed E-state index contributed by atoms with van der Waals surface area (Å²) in [5, 5.41) is 3.82. The topological polar surface area (TPSA) is 46.9 Å². The Morgan fingerprint density at radius 3 is 2.50 bits per heavy atom. The molecule has 152 valence electrons. The highest BCUT2D eigenvalue weighted by Gasteiger charge is 2.14. The van der Waals surface area contributed by atoms with Crippen LogP contribution in [0.1, 0.15) is 22.3 Å². The molecular formula is C25H25N3OS. The van der Waals surface area contributed by atoms with Gasteiger partial charge in [-0.3, -0.25) is 4.79 Å². The van der Waals surface area contributed by atoms with E-state index in [0.29, 0.717) is 5.75 Å². The van der Waals surface area contributed by atoms with Gasteiger partial charge in [0.15, 0.2) is 5.16 Å². The van der Waals surface area contributed by atoms with Gasteiger partial charge in [0.1, 0.15) is 0 Å². The molecule has 4 aromatic rings. The molecule has 3 aromatic carbocycles. The van der Waals surface area contributed by atoms with Crippen LogP contribution >= 0.6 is 11.8 Å². The molecule has 0 aliphatic carbocycles. The van der Waals surface area contributed by atoms with Gasteiger partial charge in [-0.25, -0.2) is 4.98 Å². The molecule has 30 heavy (non-hydrogen) atoms. The van der Waals surface area contributed by atoms with E-state index in [2.05, 4.69) is 48.0 Å². The maximum absolute atomic E-state index is 12.5. The minimum Gasteiger partial charge on any atom is -0.325 e. The van der Waals surface area contributed by atoms with Crippen LogP contribution in [-0.2, 0) is 11.3 Å². The highest BCUT2D eigenvalue weighted by Crippen LogP contribution is 2.26. The molecule has 5 heteroatoms. The Bertz CT molecular complexity index is 1190. The fraction of sp³-hybridized carbons (Fsp3) is 0.200. The number of aromatic nitrogens is 2. The quantitative estimate of drug-likeness (QED) is 0.409. The zero-order valence-electron chi connectivity index (χ0n) is 17.5. The van der Waals surface area contributed by atoms with E-state index < -0.39 is 0 Å². The van der Waals surface area contributed by atoms with Crippen molar-refractivity contribution >= 4 is 34.4 Å². The van der Waals surface area contributed by atoms with E-state index in [-0.39, 0.29) is 5.91 Å². The van der Waals surface area contributed by atoms with E-state index in [1.165, 1.54) is 34.0 Å². The lowest BCUT2D eigenvalue weighted by atomic mass is 10.1. The van der Waals surface area contributed by atoms with Crippen LogP contribution < -0.4 is 5.32 Å². The van der Waals surface area contributed by atoms with Crippen molar-refractivity contribution in [3.8, 4) is 0 Å². The second-order valence-corrected chi connectivity index (χ2v) is 8.54. The normalized spacial score (nSPS) is 11.0. The summed E-state index contributed by atoms with van der Waals surface area (Å²) in [6.45, 7) is 7.01. The molecule has 0 aliphatic rings. The highest BCUT2D eigenvalue weighted by molar-refractivity contribution is 7.99. The molecule has 0 aliphatic heterocycles. The Hall–Kier alpha value is -3.05. The SMILES string of the molecule is Cc1ccc(NC(=O)CSc2nc3ccccc3n2Cc2cc(C)ccc2C)cc1. The van der Waals surface area contributed by atoms with Gasteiger partial charge in [-0.15, -0.1) is 0 Å². The van der Waals surface area contributed by atoms with Gasteiger partial charge in [0, 0.05) is 5.69 Å². The smallest absolute Gasteiger partial charge is 0.234 e. The van der Waals surface area contributed by atoms with Crippen molar-refractivity contribution in [3.05, 3.63) is 89.0 Å². The summed E-state index contributed by atoms with van der Waals surface area (Å²) in [7, 11) is 0. The Morgan fingerprint density at radius 1 is 0.967 bits per heavy atom. The third-order valence-electron chi connectivity index (χ3n) is 5.12. The molecule has 0 atom stereocenters. The molecule has 1 N–H and O–H groups in total. The molecule has 1 heterocycles. The van der Waals surface area contributed by atoms with Gasteiger partial charge in [-0.05, 0) is 56.2 Å². The summed E-state index contributed by atoms with van der Waals surface area (Å²) in [6.07, 6.45) is 0. The molecule has 0 spiro atoms. The van der Waals surface area contributed by atoms with Gasteiger partial charge in [0.2, 0.25) is 5.91 Å². The van der Waals surface area contributed by atoms with Gasteiger partial charge in [0.25, 0.3) is 0 Å². The van der Waals surface area contributed by atoms with Gasteiger partial charge in [-0.1, -0.05) is 65.4 Å².